The van der Waals surface area contributed by atoms with Gasteiger partial charge in [0.05, 0.1) is 53.6 Å². The van der Waals surface area contributed by atoms with E-state index in [1.807, 2.05) is 128 Å². The summed E-state index contributed by atoms with van der Waals surface area (Å²) >= 11 is 0. The highest BCUT2D eigenvalue weighted by molar-refractivity contribution is 7.90. The van der Waals surface area contributed by atoms with E-state index in [0.29, 0.717) is 30.2 Å². The maximum atomic E-state index is 13.1. The SMILES string of the molecule is CC(C)(C)C(=O)N1CCOCC1.CC(C)(C)C1=NC(=O)Cc2cc(F)ccc21.CC(C)(C)C1=NC(=O)Cc2ccccc21.CC(C)(C)C1=NS(=O)(=O)c2ccccc21.CC(C)(C)c1[nH]c(=O)nc2ccccc12. The van der Waals surface area contributed by atoms with Crippen molar-refractivity contribution in [2.24, 2.45) is 36.0 Å². The molecule has 5 aromatic rings. The van der Waals surface area contributed by atoms with E-state index in [4.69, 9.17) is 4.74 Å². The first-order chi connectivity index (χ1) is 33.7. The number of hydrogen-bond donors (Lipinski definition) is 1. The summed E-state index contributed by atoms with van der Waals surface area (Å²) in [5, 5.41) is 1.02. The van der Waals surface area contributed by atoms with Crippen molar-refractivity contribution < 1.29 is 31.9 Å². The van der Waals surface area contributed by atoms with Gasteiger partial charge in [0.25, 0.3) is 10.0 Å². The van der Waals surface area contributed by atoms with Crippen LogP contribution in [0.3, 0.4) is 0 Å². The van der Waals surface area contributed by atoms with E-state index in [-0.39, 0.29) is 62.7 Å². The Morgan fingerprint density at radius 1 is 0.603 bits per heavy atom. The lowest BCUT2D eigenvalue weighted by atomic mass is 9.81. The quantitative estimate of drug-likeness (QED) is 0.159. The van der Waals surface area contributed by atoms with Crippen molar-refractivity contribution in [2.75, 3.05) is 26.3 Å². The predicted molar refractivity (Wildman–Crippen MR) is 290 cm³/mol. The van der Waals surface area contributed by atoms with Crippen molar-refractivity contribution >= 4 is 55.8 Å². The summed E-state index contributed by atoms with van der Waals surface area (Å²) in [4.78, 5) is 63.3. The number of aliphatic imine (C=N–C) groups is 2. The lowest BCUT2D eigenvalue weighted by Crippen LogP contribution is -2.45. The predicted octanol–water partition coefficient (Wildman–Crippen LogP) is 10.7. The summed E-state index contributed by atoms with van der Waals surface area (Å²) in [5.74, 6) is -0.297. The van der Waals surface area contributed by atoms with Crippen LogP contribution in [0, 0.1) is 27.5 Å². The van der Waals surface area contributed by atoms with Gasteiger partial charge in [0.1, 0.15) is 5.82 Å². The molecular weight excluding hydrogens is 944 g/mol. The number of carbonyl (C=O) groups is 3. The van der Waals surface area contributed by atoms with Crippen LogP contribution in [0.4, 0.5) is 4.39 Å². The number of morpholine rings is 1. The third-order valence-corrected chi connectivity index (χ3v) is 13.2. The molecule has 73 heavy (non-hydrogen) atoms. The Balaban J connectivity index is 0.000000170. The molecule has 0 radical (unpaired) electrons. The number of nitrogens with zero attached hydrogens (tertiary/aromatic N) is 5. The zero-order chi connectivity index (χ0) is 54.5. The summed E-state index contributed by atoms with van der Waals surface area (Å²) in [6, 6.07) is 27.2. The molecule has 0 bridgehead atoms. The fraction of sp³-hybridized carbons (Fsp3) is 0.448. The molecule has 1 saturated heterocycles. The molecule has 0 aliphatic carbocycles. The number of aromatic nitrogens is 2. The third-order valence-electron chi connectivity index (χ3n) is 11.8. The summed E-state index contributed by atoms with van der Waals surface area (Å²) in [6.07, 6.45) is 0.641. The van der Waals surface area contributed by atoms with Crippen LogP contribution in [0.25, 0.3) is 10.9 Å². The molecular formula is C58H73FN6O7S. The first kappa shape index (κ1) is 57.6. The minimum atomic E-state index is -3.45. The molecule has 5 heterocycles. The van der Waals surface area contributed by atoms with Crippen LogP contribution in [0.5, 0.6) is 0 Å². The third kappa shape index (κ3) is 15.1. The molecule has 4 aliphatic rings. The molecule has 13 nitrogen and oxygen atoms in total. The minimum Gasteiger partial charge on any atom is -0.378 e. The summed E-state index contributed by atoms with van der Waals surface area (Å²) in [5.41, 5.74) is 7.47. The molecule has 15 heteroatoms. The number of fused-ring (bicyclic) bond motifs is 4. The van der Waals surface area contributed by atoms with Gasteiger partial charge < -0.3 is 14.6 Å². The molecule has 0 spiro atoms. The highest BCUT2D eigenvalue weighted by atomic mass is 32.2. The van der Waals surface area contributed by atoms with Crippen LogP contribution < -0.4 is 5.69 Å². The van der Waals surface area contributed by atoms with Gasteiger partial charge in [-0.1, -0.05) is 165 Å². The van der Waals surface area contributed by atoms with Gasteiger partial charge in [0, 0.05) is 67.9 Å². The van der Waals surface area contributed by atoms with Gasteiger partial charge in [0.15, 0.2) is 0 Å². The smallest absolute Gasteiger partial charge is 0.345 e. The largest absolute Gasteiger partial charge is 0.378 e. The van der Waals surface area contributed by atoms with Gasteiger partial charge >= 0.3 is 5.69 Å². The Labute approximate surface area is 431 Å². The number of ether oxygens (including phenoxy) is 1. The van der Waals surface area contributed by atoms with Gasteiger partial charge in [-0.15, -0.1) is 0 Å². The number of nitrogens with one attached hydrogen (secondary N) is 1. The zero-order valence-corrected chi connectivity index (χ0v) is 46.1. The second-order valence-corrected chi connectivity index (χ2v) is 25.1. The van der Waals surface area contributed by atoms with E-state index in [9.17, 15) is 32.0 Å². The van der Waals surface area contributed by atoms with Gasteiger partial charge in [-0.3, -0.25) is 14.4 Å². The molecule has 4 aromatic carbocycles. The number of carbonyl (C=O) groups excluding carboxylic acids is 3. The standard InChI is InChI=1S/C13H14FNO.C13H15NO.C12H14N2O.C11H13NO2S.C9H17NO2/c1-13(2,3)12-10-5-4-9(14)6-8(10)7-11(16)15-12;1-13(2,3)12-10-7-5-4-6-9(10)8-11(15)14-12;1-12(2,3)10-8-6-4-5-7-9(8)13-11(15)14-10;1-11(2,3)10-8-6-4-5-7-9(8)15(13,14)12-10;1-9(2,3)8(11)10-4-6-12-7-5-10/h4-6H,7H2,1-3H3;4-7H,8H2,1-3H3;4-7H,1-3H3,(H,13,14,15);4-7H,1-3H3;4-7H2,1-3H3. The maximum absolute atomic E-state index is 13.1. The number of hydrogen-bond acceptors (Lipinski definition) is 8. The van der Waals surface area contributed by atoms with E-state index in [2.05, 4.69) is 65.9 Å². The first-order valence-electron chi connectivity index (χ1n) is 24.6. The lowest BCUT2D eigenvalue weighted by molar-refractivity contribution is -0.143. The molecule has 0 atom stereocenters. The molecule has 1 fully saturated rings. The fourth-order valence-corrected chi connectivity index (χ4v) is 9.74. The number of benzene rings is 4. The summed E-state index contributed by atoms with van der Waals surface area (Å²) in [6.45, 7) is 33.1. The number of rotatable bonds is 0. The summed E-state index contributed by atoms with van der Waals surface area (Å²) < 4.78 is 45.6. The van der Waals surface area contributed by atoms with Crippen LogP contribution in [0.1, 0.15) is 137 Å². The second kappa shape index (κ2) is 22.4. The number of sulfonamides is 1. The van der Waals surface area contributed by atoms with Crippen LogP contribution in [-0.4, -0.2) is 84.4 Å². The Bertz CT molecular complexity index is 3130. The average Bonchev–Trinajstić information content (AvgIpc) is 3.58. The highest BCUT2D eigenvalue weighted by Gasteiger charge is 2.35. The monoisotopic (exact) mass is 1020 g/mol. The zero-order valence-electron chi connectivity index (χ0n) is 45.3. The Hall–Kier alpha value is -6.32. The highest BCUT2D eigenvalue weighted by Crippen LogP contribution is 2.34. The summed E-state index contributed by atoms with van der Waals surface area (Å²) in [7, 11) is -3.45. The molecule has 4 aliphatic heterocycles. The van der Waals surface area contributed by atoms with Crippen molar-refractivity contribution in [1.82, 2.24) is 14.9 Å². The van der Waals surface area contributed by atoms with Crippen molar-refractivity contribution in [1.29, 1.82) is 0 Å². The van der Waals surface area contributed by atoms with Crippen molar-refractivity contribution in [3.05, 3.63) is 141 Å². The molecule has 390 valence electrons. The first-order valence-corrected chi connectivity index (χ1v) is 26.0. The minimum absolute atomic E-state index is 0.0291. The normalized spacial score (nSPS) is 16.2. The van der Waals surface area contributed by atoms with Crippen molar-refractivity contribution in [2.45, 2.75) is 127 Å². The van der Waals surface area contributed by atoms with Crippen LogP contribution >= 0.6 is 0 Å². The number of aromatic amines is 1. The molecule has 1 aromatic heterocycles. The van der Waals surface area contributed by atoms with E-state index < -0.39 is 10.0 Å². The van der Waals surface area contributed by atoms with Crippen molar-refractivity contribution in [3.63, 3.8) is 0 Å². The van der Waals surface area contributed by atoms with E-state index in [1.165, 1.54) is 12.1 Å². The van der Waals surface area contributed by atoms with Gasteiger partial charge in [0.2, 0.25) is 17.7 Å². The number of para-hydroxylation sites is 1. The number of H-pyrrole nitrogens is 1. The fourth-order valence-electron chi connectivity index (χ4n) is 8.34. The van der Waals surface area contributed by atoms with E-state index in [1.54, 1.807) is 18.2 Å². The molecule has 9 rings (SSSR count). The molecule has 0 unspecified atom stereocenters. The van der Waals surface area contributed by atoms with E-state index >= 15 is 0 Å². The molecule has 0 saturated carbocycles. The van der Waals surface area contributed by atoms with Gasteiger partial charge in [-0.2, -0.15) is 17.8 Å². The number of amides is 3. The number of halogens is 1. The van der Waals surface area contributed by atoms with Crippen LogP contribution in [0.15, 0.2) is 115 Å². The Morgan fingerprint density at radius 2 is 1.10 bits per heavy atom. The van der Waals surface area contributed by atoms with Crippen LogP contribution in [0.2, 0.25) is 0 Å². The van der Waals surface area contributed by atoms with Crippen LogP contribution in [-0.2, 0) is 47.4 Å². The maximum Gasteiger partial charge on any atom is 0.345 e. The second-order valence-electron chi connectivity index (χ2n) is 23.5. The Kier molecular flexibility index (Phi) is 17.7. The average molecular weight is 1020 g/mol. The Morgan fingerprint density at radius 3 is 1.64 bits per heavy atom. The van der Waals surface area contributed by atoms with E-state index in [0.717, 1.165) is 68.9 Å². The van der Waals surface area contributed by atoms with Gasteiger partial charge in [-0.05, 0) is 41.5 Å². The lowest BCUT2D eigenvalue weighted by Gasteiger charge is -2.32. The molecule has 1 N–H and O–H groups in total. The van der Waals surface area contributed by atoms with Gasteiger partial charge in [-0.25, -0.2) is 19.2 Å². The topological polar surface area (TPSA) is 181 Å². The molecule has 3 amide bonds. The van der Waals surface area contributed by atoms with Crippen molar-refractivity contribution in [3.8, 4) is 0 Å².